The van der Waals surface area contributed by atoms with Crippen LogP contribution in [0.3, 0.4) is 0 Å². The number of fused-ring (bicyclic) bond motifs is 1. The zero-order valence-corrected chi connectivity index (χ0v) is 15.8. The largest absolute Gasteiger partial charge is 0.387 e. The Hall–Kier alpha value is -2.65. The molecular weight excluding hydrogens is 363 g/mol. The molecule has 9 heteroatoms. The number of hydrogen-bond acceptors (Lipinski definition) is 8. The van der Waals surface area contributed by atoms with E-state index in [2.05, 4.69) is 25.3 Å². The van der Waals surface area contributed by atoms with Crippen LogP contribution in [0.4, 0.5) is 27.7 Å². The molecule has 1 saturated heterocycles. The van der Waals surface area contributed by atoms with Gasteiger partial charge in [0.1, 0.15) is 17.8 Å². The summed E-state index contributed by atoms with van der Waals surface area (Å²) in [6, 6.07) is 3.64. The van der Waals surface area contributed by atoms with Crippen LogP contribution in [-0.2, 0) is 11.2 Å². The maximum Gasteiger partial charge on any atom is 0.227 e. The fourth-order valence-corrected chi connectivity index (χ4v) is 3.46. The van der Waals surface area contributed by atoms with E-state index < -0.39 is 12.3 Å². The second-order valence-electron chi connectivity index (χ2n) is 7.05. The molecule has 2 aromatic rings. The Labute approximate surface area is 162 Å². The molecule has 3 unspecified atom stereocenters. The molecule has 0 bridgehead atoms. The fraction of sp³-hybridized carbons (Fsp3) is 0.474. The van der Waals surface area contributed by atoms with Crippen LogP contribution in [-0.4, -0.2) is 64.3 Å². The monoisotopic (exact) mass is 386 g/mol. The highest BCUT2D eigenvalue weighted by Gasteiger charge is 2.30. The number of hydrogen-bond donors (Lipinski definition) is 2. The number of nitrogens with one attached hydrogen (secondary N) is 1. The second-order valence-corrected chi connectivity index (χ2v) is 7.05. The van der Waals surface area contributed by atoms with Gasteiger partial charge in [-0.1, -0.05) is 0 Å². The van der Waals surface area contributed by atoms with Crippen LogP contribution < -0.4 is 10.2 Å². The zero-order chi connectivity index (χ0) is 19.7. The molecule has 0 radical (unpaired) electrons. The second kappa shape index (κ2) is 7.76. The third-order valence-electron chi connectivity index (χ3n) is 5.05. The number of alkyl halides is 1. The summed E-state index contributed by atoms with van der Waals surface area (Å²) in [6.45, 7) is 2.55. The van der Waals surface area contributed by atoms with Crippen molar-refractivity contribution in [3.63, 3.8) is 0 Å². The van der Waals surface area contributed by atoms with Gasteiger partial charge in [0.2, 0.25) is 5.95 Å². The van der Waals surface area contributed by atoms with E-state index in [0.717, 1.165) is 17.0 Å². The van der Waals surface area contributed by atoms with Gasteiger partial charge in [-0.3, -0.25) is 4.99 Å². The van der Waals surface area contributed by atoms with Gasteiger partial charge >= 0.3 is 0 Å². The number of aliphatic hydroxyl groups excluding tert-OH is 1. The minimum atomic E-state index is -1.07. The van der Waals surface area contributed by atoms with Crippen LogP contribution in [0.2, 0.25) is 0 Å². The van der Waals surface area contributed by atoms with Crippen molar-refractivity contribution in [3.05, 3.63) is 30.1 Å². The predicted molar refractivity (Wildman–Crippen MR) is 105 cm³/mol. The third kappa shape index (κ3) is 3.81. The van der Waals surface area contributed by atoms with Crippen LogP contribution in [0.25, 0.3) is 0 Å². The number of halogens is 1. The molecule has 0 spiro atoms. The third-order valence-corrected chi connectivity index (χ3v) is 5.05. The molecule has 0 aromatic carbocycles. The summed E-state index contributed by atoms with van der Waals surface area (Å²) in [5, 5.41) is 12.9. The number of aliphatic imine (C=N–C) groups is 1. The lowest BCUT2D eigenvalue weighted by atomic mass is 10.1. The van der Waals surface area contributed by atoms with Crippen molar-refractivity contribution < 1.29 is 14.2 Å². The Bertz CT molecular complexity index is 890. The summed E-state index contributed by atoms with van der Waals surface area (Å²) in [4.78, 5) is 19.4. The number of pyridine rings is 1. The predicted octanol–water partition coefficient (Wildman–Crippen LogP) is 2.19. The lowest BCUT2D eigenvalue weighted by molar-refractivity contribution is 0.0194. The van der Waals surface area contributed by atoms with Gasteiger partial charge in [-0.25, -0.2) is 14.4 Å². The molecule has 28 heavy (non-hydrogen) atoms. The van der Waals surface area contributed by atoms with Gasteiger partial charge in [-0.05, 0) is 31.0 Å². The lowest BCUT2D eigenvalue weighted by Crippen LogP contribution is -2.46. The first-order valence-corrected chi connectivity index (χ1v) is 9.30. The average molecular weight is 386 g/mol. The van der Waals surface area contributed by atoms with Crippen LogP contribution >= 0.6 is 0 Å². The standard InChI is InChI=1S/C19H23FN6O2/c1-11(27)14-7-12-8-18(22-9-15(12)23-14)24-17-3-5-21-19(25-17)26-6-4-16(28-2)13(20)10-26/h3,5,8-9,11,13,16,27H,4,6-7,10H2,1-2H3,(H,21,22,24,25). The number of aliphatic hydroxyl groups is 1. The summed E-state index contributed by atoms with van der Waals surface area (Å²) < 4.78 is 19.3. The van der Waals surface area contributed by atoms with Crippen molar-refractivity contribution in [2.75, 3.05) is 30.4 Å². The number of aromatic nitrogens is 3. The summed E-state index contributed by atoms with van der Waals surface area (Å²) in [6.07, 6.45) is 2.50. The summed E-state index contributed by atoms with van der Waals surface area (Å²) in [5.74, 6) is 1.69. The van der Waals surface area contributed by atoms with Crippen molar-refractivity contribution in [2.24, 2.45) is 4.99 Å². The Kier molecular flexibility index (Phi) is 5.19. The molecule has 2 aromatic heterocycles. The molecule has 4 rings (SSSR count). The van der Waals surface area contributed by atoms with Gasteiger partial charge in [-0.2, -0.15) is 4.98 Å². The molecule has 148 valence electrons. The Morgan fingerprint density at radius 3 is 2.96 bits per heavy atom. The minimum absolute atomic E-state index is 0.207. The topological polar surface area (TPSA) is 95.8 Å². The maximum atomic E-state index is 14.2. The van der Waals surface area contributed by atoms with Gasteiger partial charge in [0.05, 0.1) is 36.3 Å². The van der Waals surface area contributed by atoms with E-state index in [0.29, 0.717) is 37.0 Å². The van der Waals surface area contributed by atoms with Crippen LogP contribution in [0.1, 0.15) is 18.9 Å². The van der Waals surface area contributed by atoms with E-state index in [1.54, 1.807) is 25.4 Å². The number of nitrogens with zero attached hydrogens (tertiary/aromatic N) is 5. The molecule has 4 heterocycles. The van der Waals surface area contributed by atoms with E-state index in [1.165, 1.54) is 7.11 Å². The molecule has 0 saturated carbocycles. The Balaban J connectivity index is 1.46. The Morgan fingerprint density at radius 2 is 2.21 bits per heavy atom. The number of anilines is 3. The molecule has 1 fully saturated rings. The summed E-state index contributed by atoms with van der Waals surface area (Å²) in [5.41, 5.74) is 2.52. The molecular formula is C19H23FN6O2. The molecule has 2 aliphatic heterocycles. The lowest BCUT2D eigenvalue weighted by Gasteiger charge is -2.33. The first-order valence-electron chi connectivity index (χ1n) is 9.30. The van der Waals surface area contributed by atoms with Crippen molar-refractivity contribution in [1.82, 2.24) is 15.0 Å². The smallest absolute Gasteiger partial charge is 0.227 e. The highest BCUT2D eigenvalue weighted by molar-refractivity contribution is 5.96. The van der Waals surface area contributed by atoms with E-state index in [9.17, 15) is 9.50 Å². The first-order chi connectivity index (χ1) is 13.5. The van der Waals surface area contributed by atoms with E-state index in [-0.39, 0.29) is 12.6 Å². The SMILES string of the molecule is COC1CCN(c2nccc(Nc3cc4c(cn3)N=C(C(C)O)C4)n2)CC1F. The number of methoxy groups -OCH3 is 1. The molecule has 0 amide bonds. The average Bonchev–Trinajstić information content (AvgIpc) is 3.12. The van der Waals surface area contributed by atoms with E-state index >= 15 is 0 Å². The maximum absolute atomic E-state index is 14.2. The molecule has 2 N–H and O–H groups in total. The molecule has 2 aliphatic rings. The Morgan fingerprint density at radius 1 is 1.36 bits per heavy atom. The summed E-state index contributed by atoms with van der Waals surface area (Å²) >= 11 is 0. The van der Waals surface area contributed by atoms with Gasteiger partial charge in [-0.15, -0.1) is 0 Å². The van der Waals surface area contributed by atoms with Gasteiger partial charge in [0.25, 0.3) is 0 Å². The normalized spacial score (nSPS) is 22.6. The number of rotatable bonds is 5. The number of piperidine rings is 1. The van der Waals surface area contributed by atoms with Crippen molar-refractivity contribution in [3.8, 4) is 0 Å². The van der Waals surface area contributed by atoms with Gasteiger partial charge < -0.3 is 20.1 Å². The number of ether oxygens (including phenoxy) is 1. The highest BCUT2D eigenvalue weighted by atomic mass is 19.1. The van der Waals surface area contributed by atoms with Crippen LogP contribution in [0, 0.1) is 0 Å². The fourth-order valence-electron chi connectivity index (χ4n) is 3.46. The zero-order valence-electron chi connectivity index (χ0n) is 15.8. The van der Waals surface area contributed by atoms with Crippen molar-refractivity contribution >= 4 is 29.0 Å². The van der Waals surface area contributed by atoms with Crippen LogP contribution in [0.15, 0.2) is 29.5 Å². The minimum Gasteiger partial charge on any atom is -0.387 e. The highest BCUT2D eigenvalue weighted by Crippen LogP contribution is 2.29. The van der Waals surface area contributed by atoms with E-state index in [1.807, 2.05) is 11.0 Å². The van der Waals surface area contributed by atoms with E-state index in [4.69, 9.17) is 4.74 Å². The van der Waals surface area contributed by atoms with Crippen LogP contribution in [0.5, 0.6) is 0 Å². The molecule has 0 aliphatic carbocycles. The molecule has 3 atom stereocenters. The van der Waals surface area contributed by atoms with Crippen molar-refractivity contribution in [2.45, 2.75) is 38.1 Å². The van der Waals surface area contributed by atoms with Crippen molar-refractivity contribution in [1.29, 1.82) is 0 Å². The summed E-state index contributed by atoms with van der Waals surface area (Å²) in [7, 11) is 1.53. The van der Waals surface area contributed by atoms with Gasteiger partial charge in [0, 0.05) is 26.3 Å². The first kappa shape index (κ1) is 18.7. The van der Waals surface area contributed by atoms with Gasteiger partial charge in [0.15, 0.2) is 0 Å². The molecule has 8 nitrogen and oxygen atoms in total. The quantitative estimate of drug-likeness (QED) is 0.813.